The number of carbonyl (C=O) groups is 1. The van der Waals surface area contributed by atoms with Crippen molar-refractivity contribution in [3.63, 3.8) is 0 Å². The fourth-order valence-corrected chi connectivity index (χ4v) is 3.25. The first kappa shape index (κ1) is 19.2. The van der Waals surface area contributed by atoms with Crippen molar-refractivity contribution in [1.29, 1.82) is 0 Å². The van der Waals surface area contributed by atoms with Gasteiger partial charge in [0, 0.05) is 44.3 Å². The van der Waals surface area contributed by atoms with E-state index >= 15 is 0 Å². The van der Waals surface area contributed by atoms with Crippen molar-refractivity contribution >= 4 is 11.8 Å². The molecule has 1 aliphatic rings. The molecule has 0 spiro atoms. The standard InChI is InChI=1S/C21H29N5O/c1-16(2)23-21(27)26-14-12-25(13-15-26)11-10-17-6-8-18(9-7-17)19-4-3-5-20(22)24-19/h3-9,16H,10-15H2,1-2H3,(H2,22,24)(H,23,27). The number of pyridine rings is 1. The monoisotopic (exact) mass is 367 g/mol. The lowest BCUT2D eigenvalue weighted by Crippen LogP contribution is -2.53. The van der Waals surface area contributed by atoms with Gasteiger partial charge in [-0.2, -0.15) is 0 Å². The Morgan fingerprint density at radius 1 is 1.11 bits per heavy atom. The minimum absolute atomic E-state index is 0.0513. The lowest BCUT2D eigenvalue weighted by molar-refractivity contribution is 0.139. The van der Waals surface area contributed by atoms with Gasteiger partial charge in [0.2, 0.25) is 0 Å². The van der Waals surface area contributed by atoms with Gasteiger partial charge in [0.05, 0.1) is 5.69 Å². The number of nitrogens with zero attached hydrogens (tertiary/aromatic N) is 3. The van der Waals surface area contributed by atoms with Crippen molar-refractivity contribution in [3.05, 3.63) is 48.0 Å². The van der Waals surface area contributed by atoms with Crippen molar-refractivity contribution in [3.8, 4) is 11.3 Å². The van der Waals surface area contributed by atoms with Crippen molar-refractivity contribution in [2.24, 2.45) is 0 Å². The number of nitrogens with two attached hydrogens (primary N) is 1. The Labute approximate surface area is 161 Å². The molecular formula is C21H29N5O. The van der Waals surface area contributed by atoms with Gasteiger partial charge in [-0.3, -0.25) is 4.90 Å². The van der Waals surface area contributed by atoms with E-state index < -0.39 is 0 Å². The Kier molecular flexibility index (Phi) is 6.29. The van der Waals surface area contributed by atoms with Gasteiger partial charge in [-0.15, -0.1) is 0 Å². The van der Waals surface area contributed by atoms with Crippen LogP contribution >= 0.6 is 0 Å². The van der Waals surface area contributed by atoms with Crippen molar-refractivity contribution in [2.75, 3.05) is 38.5 Å². The highest BCUT2D eigenvalue weighted by molar-refractivity contribution is 5.74. The molecule has 2 aromatic rings. The van der Waals surface area contributed by atoms with Crippen molar-refractivity contribution in [1.82, 2.24) is 20.1 Å². The van der Waals surface area contributed by atoms with Crippen LogP contribution in [0.25, 0.3) is 11.3 Å². The Morgan fingerprint density at radius 2 is 1.81 bits per heavy atom. The van der Waals surface area contributed by atoms with Gasteiger partial charge in [0.25, 0.3) is 0 Å². The van der Waals surface area contributed by atoms with E-state index in [0.29, 0.717) is 5.82 Å². The number of benzene rings is 1. The summed E-state index contributed by atoms with van der Waals surface area (Å²) in [4.78, 5) is 20.7. The summed E-state index contributed by atoms with van der Waals surface area (Å²) >= 11 is 0. The van der Waals surface area contributed by atoms with Crippen LogP contribution in [0.1, 0.15) is 19.4 Å². The molecule has 3 N–H and O–H groups in total. The predicted molar refractivity (Wildman–Crippen MR) is 109 cm³/mol. The number of rotatable bonds is 5. The molecule has 2 heterocycles. The molecular weight excluding hydrogens is 338 g/mol. The summed E-state index contributed by atoms with van der Waals surface area (Å²) in [6, 6.07) is 14.4. The number of nitrogens with one attached hydrogen (secondary N) is 1. The van der Waals surface area contributed by atoms with E-state index in [4.69, 9.17) is 5.73 Å². The Bertz CT molecular complexity index is 751. The highest BCUT2D eigenvalue weighted by Gasteiger charge is 2.21. The molecule has 1 saturated heterocycles. The summed E-state index contributed by atoms with van der Waals surface area (Å²) < 4.78 is 0. The zero-order valence-corrected chi connectivity index (χ0v) is 16.2. The minimum Gasteiger partial charge on any atom is -0.384 e. The Hall–Kier alpha value is -2.60. The number of hydrogen-bond acceptors (Lipinski definition) is 4. The molecule has 0 saturated carbocycles. The second-order valence-corrected chi connectivity index (χ2v) is 7.33. The van der Waals surface area contributed by atoms with Gasteiger partial charge in [0.1, 0.15) is 5.82 Å². The van der Waals surface area contributed by atoms with Crippen LogP contribution in [-0.2, 0) is 6.42 Å². The Morgan fingerprint density at radius 3 is 2.44 bits per heavy atom. The first-order chi connectivity index (χ1) is 13.0. The summed E-state index contributed by atoms with van der Waals surface area (Å²) in [5.74, 6) is 0.540. The zero-order chi connectivity index (χ0) is 19.2. The van der Waals surface area contributed by atoms with Gasteiger partial charge in [0.15, 0.2) is 0 Å². The molecule has 0 atom stereocenters. The highest BCUT2D eigenvalue weighted by Crippen LogP contribution is 2.19. The second-order valence-electron chi connectivity index (χ2n) is 7.33. The summed E-state index contributed by atoms with van der Waals surface area (Å²) in [6.07, 6.45) is 1.00. The third kappa shape index (κ3) is 5.44. The van der Waals surface area contributed by atoms with Gasteiger partial charge >= 0.3 is 6.03 Å². The summed E-state index contributed by atoms with van der Waals surface area (Å²) in [5.41, 5.74) is 9.05. The van der Waals surface area contributed by atoms with Gasteiger partial charge < -0.3 is 16.0 Å². The smallest absolute Gasteiger partial charge is 0.317 e. The maximum atomic E-state index is 12.0. The highest BCUT2D eigenvalue weighted by atomic mass is 16.2. The molecule has 3 rings (SSSR count). The third-order valence-electron chi connectivity index (χ3n) is 4.81. The van der Waals surface area contributed by atoms with E-state index in [1.54, 1.807) is 6.07 Å². The van der Waals surface area contributed by atoms with E-state index in [0.717, 1.165) is 50.4 Å². The number of aromatic nitrogens is 1. The normalized spacial score (nSPS) is 15.1. The van der Waals surface area contributed by atoms with Gasteiger partial charge in [-0.25, -0.2) is 9.78 Å². The van der Waals surface area contributed by atoms with E-state index in [9.17, 15) is 4.79 Å². The lowest BCUT2D eigenvalue weighted by Gasteiger charge is -2.35. The number of amides is 2. The molecule has 1 aromatic heterocycles. The van der Waals surface area contributed by atoms with Crippen LogP contribution in [0, 0.1) is 0 Å². The van der Waals surface area contributed by atoms with E-state index in [2.05, 4.69) is 39.5 Å². The van der Waals surface area contributed by atoms with E-state index in [1.165, 1.54) is 5.56 Å². The molecule has 1 fully saturated rings. The summed E-state index contributed by atoms with van der Waals surface area (Å²) in [5, 5.41) is 2.96. The van der Waals surface area contributed by atoms with Crippen LogP contribution in [-0.4, -0.2) is 59.6 Å². The molecule has 27 heavy (non-hydrogen) atoms. The largest absolute Gasteiger partial charge is 0.384 e. The molecule has 144 valence electrons. The van der Waals surface area contributed by atoms with Gasteiger partial charge in [-0.05, 0) is 38.0 Å². The Balaban J connectivity index is 1.46. The fraction of sp³-hybridized carbons (Fsp3) is 0.429. The van der Waals surface area contributed by atoms with Gasteiger partial charge in [-0.1, -0.05) is 30.3 Å². The molecule has 1 aromatic carbocycles. The maximum Gasteiger partial charge on any atom is 0.317 e. The molecule has 0 unspecified atom stereocenters. The molecule has 6 heteroatoms. The number of hydrogen-bond donors (Lipinski definition) is 2. The number of nitrogen functional groups attached to an aromatic ring is 1. The fourth-order valence-electron chi connectivity index (χ4n) is 3.25. The summed E-state index contributed by atoms with van der Waals surface area (Å²) in [7, 11) is 0. The zero-order valence-electron chi connectivity index (χ0n) is 16.2. The van der Waals surface area contributed by atoms with Crippen LogP contribution in [0.2, 0.25) is 0 Å². The first-order valence-corrected chi connectivity index (χ1v) is 9.61. The third-order valence-corrected chi connectivity index (χ3v) is 4.81. The lowest BCUT2D eigenvalue weighted by atomic mass is 10.1. The minimum atomic E-state index is 0.0513. The maximum absolute atomic E-state index is 12.0. The van der Waals surface area contributed by atoms with Crippen molar-refractivity contribution in [2.45, 2.75) is 26.3 Å². The molecule has 0 bridgehead atoms. The van der Waals surface area contributed by atoms with Crippen LogP contribution in [0.4, 0.5) is 10.6 Å². The number of carbonyl (C=O) groups excluding carboxylic acids is 1. The number of anilines is 1. The first-order valence-electron chi connectivity index (χ1n) is 9.61. The predicted octanol–water partition coefficient (Wildman–Crippen LogP) is 2.61. The van der Waals surface area contributed by atoms with Crippen LogP contribution < -0.4 is 11.1 Å². The average molecular weight is 367 g/mol. The average Bonchev–Trinajstić information content (AvgIpc) is 2.66. The summed E-state index contributed by atoms with van der Waals surface area (Å²) in [6.45, 7) is 8.42. The second kappa shape index (κ2) is 8.86. The van der Waals surface area contributed by atoms with E-state index in [1.807, 2.05) is 30.9 Å². The SMILES string of the molecule is CC(C)NC(=O)N1CCN(CCc2ccc(-c3cccc(N)n3)cc2)CC1. The molecule has 0 aliphatic carbocycles. The van der Waals surface area contributed by atoms with E-state index in [-0.39, 0.29) is 12.1 Å². The van der Waals surface area contributed by atoms with Crippen molar-refractivity contribution < 1.29 is 4.79 Å². The quantitative estimate of drug-likeness (QED) is 0.852. The van der Waals surface area contributed by atoms with Crippen LogP contribution in [0.15, 0.2) is 42.5 Å². The van der Waals surface area contributed by atoms with Crippen LogP contribution in [0.3, 0.4) is 0 Å². The number of urea groups is 1. The number of piperazine rings is 1. The van der Waals surface area contributed by atoms with Crippen LogP contribution in [0.5, 0.6) is 0 Å². The molecule has 2 amide bonds. The topological polar surface area (TPSA) is 74.5 Å². The molecule has 0 radical (unpaired) electrons. The molecule has 1 aliphatic heterocycles. The molecule has 6 nitrogen and oxygen atoms in total.